The van der Waals surface area contributed by atoms with Gasteiger partial charge >= 0.3 is 0 Å². The van der Waals surface area contributed by atoms with Gasteiger partial charge in [-0.1, -0.05) is 31.2 Å². The third-order valence-corrected chi connectivity index (χ3v) is 3.29. The molecule has 0 saturated carbocycles. The van der Waals surface area contributed by atoms with Crippen LogP contribution in [-0.4, -0.2) is 18.5 Å². The predicted octanol–water partition coefficient (Wildman–Crippen LogP) is 3.02. The lowest BCUT2D eigenvalue weighted by Gasteiger charge is -2.21. The third kappa shape index (κ3) is 3.94. The molecule has 3 nitrogen and oxygen atoms in total. The molecule has 2 aromatic rings. The molecular formula is C16H22N2O. The molecule has 102 valence electrons. The molecular weight excluding hydrogens is 236 g/mol. The predicted molar refractivity (Wildman–Crippen MR) is 77.7 cm³/mol. The summed E-state index contributed by atoms with van der Waals surface area (Å²) in [6.07, 6.45) is 1.73. The molecule has 1 aromatic carbocycles. The zero-order valence-electron chi connectivity index (χ0n) is 11.7. The normalized spacial score (nSPS) is 11.1. The van der Waals surface area contributed by atoms with Gasteiger partial charge in [-0.05, 0) is 36.9 Å². The van der Waals surface area contributed by atoms with Crippen molar-refractivity contribution in [3.05, 3.63) is 59.5 Å². The zero-order chi connectivity index (χ0) is 13.5. The lowest BCUT2D eigenvalue weighted by molar-refractivity contribution is 0.247. The van der Waals surface area contributed by atoms with Crippen LogP contribution < -0.4 is 5.32 Å². The summed E-state index contributed by atoms with van der Waals surface area (Å²) in [6, 6.07) is 12.6. The minimum absolute atomic E-state index is 0.859. The highest BCUT2D eigenvalue weighted by Crippen LogP contribution is 2.14. The molecule has 0 aliphatic heterocycles. The van der Waals surface area contributed by atoms with Crippen molar-refractivity contribution in [3.8, 4) is 0 Å². The number of nitrogens with one attached hydrogen (secondary N) is 1. The number of nitrogens with zero attached hydrogens (tertiary/aromatic N) is 1. The summed E-state index contributed by atoms with van der Waals surface area (Å²) in [6.45, 7) is 5.92. The van der Waals surface area contributed by atoms with Crippen LogP contribution in [-0.2, 0) is 19.6 Å². The summed E-state index contributed by atoms with van der Waals surface area (Å²) in [7, 11) is 1.98. The van der Waals surface area contributed by atoms with Crippen molar-refractivity contribution in [2.24, 2.45) is 0 Å². The van der Waals surface area contributed by atoms with E-state index < -0.39 is 0 Å². The van der Waals surface area contributed by atoms with Gasteiger partial charge in [-0.3, -0.25) is 4.90 Å². The fraction of sp³-hybridized carbons (Fsp3) is 0.375. The van der Waals surface area contributed by atoms with Crippen molar-refractivity contribution in [3.63, 3.8) is 0 Å². The first-order valence-corrected chi connectivity index (χ1v) is 6.79. The van der Waals surface area contributed by atoms with Gasteiger partial charge in [0.05, 0.1) is 12.8 Å². The molecule has 0 amide bonds. The lowest BCUT2D eigenvalue weighted by atomic mass is 10.1. The van der Waals surface area contributed by atoms with E-state index in [0.717, 1.165) is 31.9 Å². The van der Waals surface area contributed by atoms with E-state index >= 15 is 0 Å². The smallest absolute Gasteiger partial charge is 0.117 e. The Balaban J connectivity index is 2.05. The Morgan fingerprint density at radius 1 is 1.05 bits per heavy atom. The molecule has 0 bridgehead atoms. The van der Waals surface area contributed by atoms with Crippen molar-refractivity contribution >= 4 is 0 Å². The van der Waals surface area contributed by atoms with Gasteiger partial charge in [0.25, 0.3) is 0 Å². The van der Waals surface area contributed by atoms with Crippen LogP contribution in [0.2, 0.25) is 0 Å². The summed E-state index contributed by atoms with van der Waals surface area (Å²) in [5.74, 6) is 1.02. The average molecular weight is 258 g/mol. The molecule has 2 rings (SSSR count). The topological polar surface area (TPSA) is 28.4 Å². The van der Waals surface area contributed by atoms with Gasteiger partial charge in [0.1, 0.15) is 5.76 Å². The summed E-state index contributed by atoms with van der Waals surface area (Å²) < 4.78 is 5.43. The molecule has 3 heteroatoms. The molecule has 1 heterocycles. The van der Waals surface area contributed by atoms with Gasteiger partial charge in [0, 0.05) is 13.1 Å². The van der Waals surface area contributed by atoms with Crippen molar-refractivity contribution in [1.82, 2.24) is 10.2 Å². The molecule has 0 aliphatic carbocycles. The fourth-order valence-corrected chi connectivity index (χ4v) is 2.22. The summed E-state index contributed by atoms with van der Waals surface area (Å²) in [5, 5.41) is 3.22. The van der Waals surface area contributed by atoms with Crippen LogP contribution in [0.3, 0.4) is 0 Å². The molecule has 0 aliphatic rings. The highest BCUT2D eigenvalue weighted by Gasteiger charge is 2.09. The number of hydrogen-bond acceptors (Lipinski definition) is 3. The first kappa shape index (κ1) is 13.8. The van der Waals surface area contributed by atoms with E-state index in [-0.39, 0.29) is 0 Å². The van der Waals surface area contributed by atoms with E-state index in [1.807, 2.05) is 19.2 Å². The average Bonchev–Trinajstić information content (AvgIpc) is 2.93. The van der Waals surface area contributed by atoms with Crippen LogP contribution in [0.4, 0.5) is 0 Å². The maximum absolute atomic E-state index is 5.43. The standard InChI is InChI=1S/C16H22N2O/c1-3-18(13-16-9-6-10-19-16)12-15-8-5-4-7-14(15)11-17-2/h4-10,17H,3,11-13H2,1-2H3. The van der Waals surface area contributed by atoms with Crippen LogP contribution in [0.25, 0.3) is 0 Å². The first-order chi connectivity index (χ1) is 9.33. The Bertz CT molecular complexity index is 479. The molecule has 1 N–H and O–H groups in total. The molecule has 0 fully saturated rings. The molecule has 0 spiro atoms. The van der Waals surface area contributed by atoms with E-state index in [1.165, 1.54) is 11.1 Å². The molecule has 0 atom stereocenters. The summed E-state index contributed by atoms with van der Waals surface area (Å²) >= 11 is 0. The zero-order valence-corrected chi connectivity index (χ0v) is 11.7. The van der Waals surface area contributed by atoms with E-state index in [4.69, 9.17) is 4.42 Å². The molecule has 0 unspecified atom stereocenters. The monoisotopic (exact) mass is 258 g/mol. The lowest BCUT2D eigenvalue weighted by Crippen LogP contribution is -2.23. The third-order valence-electron chi connectivity index (χ3n) is 3.29. The summed E-state index contributed by atoms with van der Waals surface area (Å²) in [4.78, 5) is 2.38. The number of furan rings is 1. The fourth-order valence-electron chi connectivity index (χ4n) is 2.22. The van der Waals surface area contributed by atoms with Crippen molar-refractivity contribution < 1.29 is 4.42 Å². The number of benzene rings is 1. The highest BCUT2D eigenvalue weighted by atomic mass is 16.3. The largest absolute Gasteiger partial charge is 0.468 e. The van der Waals surface area contributed by atoms with E-state index in [0.29, 0.717) is 0 Å². The maximum Gasteiger partial charge on any atom is 0.117 e. The van der Waals surface area contributed by atoms with Gasteiger partial charge < -0.3 is 9.73 Å². The Kier molecular flexibility index (Phi) is 5.19. The van der Waals surface area contributed by atoms with Gasteiger partial charge in [0.2, 0.25) is 0 Å². The van der Waals surface area contributed by atoms with Gasteiger partial charge in [-0.15, -0.1) is 0 Å². The Morgan fingerprint density at radius 2 is 1.84 bits per heavy atom. The molecule has 0 radical (unpaired) electrons. The first-order valence-electron chi connectivity index (χ1n) is 6.79. The molecule has 1 aromatic heterocycles. The van der Waals surface area contributed by atoms with Crippen molar-refractivity contribution in [2.75, 3.05) is 13.6 Å². The second kappa shape index (κ2) is 7.12. The van der Waals surface area contributed by atoms with Gasteiger partial charge in [0.15, 0.2) is 0 Å². The van der Waals surface area contributed by atoms with Crippen LogP contribution in [0, 0.1) is 0 Å². The van der Waals surface area contributed by atoms with Crippen LogP contribution >= 0.6 is 0 Å². The number of rotatable bonds is 7. The van der Waals surface area contributed by atoms with E-state index in [1.54, 1.807) is 6.26 Å². The van der Waals surface area contributed by atoms with Crippen LogP contribution in [0.15, 0.2) is 47.1 Å². The van der Waals surface area contributed by atoms with Crippen LogP contribution in [0.1, 0.15) is 23.8 Å². The molecule has 0 saturated heterocycles. The molecule has 19 heavy (non-hydrogen) atoms. The van der Waals surface area contributed by atoms with E-state index in [2.05, 4.69) is 41.4 Å². The number of hydrogen-bond donors (Lipinski definition) is 1. The van der Waals surface area contributed by atoms with Gasteiger partial charge in [-0.25, -0.2) is 0 Å². The Labute approximate surface area is 115 Å². The summed E-state index contributed by atoms with van der Waals surface area (Å²) in [5.41, 5.74) is 2.74. The SMILES string of the molecule is CCN(Cc1ccco1)Cc1ccccc1CNC. The van der Waals surface area contributed by atoms with Crippen molar-refractivity contribution in [2.45, 2.75) is 26.6 Å². The minimum atomic E-state index is 0.859. The van der Waals surface area contributed by atoms with Crippen molar-refractivity contribution in [1.29, 1.82) is 0 Å². The second-order valence-electron chi connectivity index (χ2n) is 4.68. The highest BCUT2D eigenvalue weighted by molar-refractivity contribution is 5.27. The Hall–Kier alpha value is -1.58. The second-order valence-corrected chi connectivity index (χ2v) is 4.68. The maximum atomic E-state index is 5.43. The minimum Gasteiger partial charge on any atom is -0.468 e. The quantitative estimate of drug-likeness (QED) is 0.827. The van der Waals surface area contributed by atoms with E-state index in [9.17, 15) is 0 Å². The van der Waals surface area contributed by atoms with Gasteiger partial charge in [-0.2, -0.15) is 0 Å². The van der Waals surface area contributed by atoms with Crippen LogP contribution in [0.5, 0.6) is 0 Å². The Morgan fingerprint density at radius 3 is 2.47 bits per heavy atom.